The zero-order valence-electron chi connectivity index (χ0n) is 14.0. The number of carbonyl (C=O) groups excluding carboxylic acids is 1. The summed E-state index contributed by atoms with van der Waals surface area (Å²) in [6, 6.07) is 6.85. The summed E-state index contributed by atoms with van der Waals surface area (Å²) in [5.74, 6) is 0.619. The number of hydrogen-bond donors (Lipinski definition) is 2. The molecule has 1 aromatic carbocycles. The van der Waals surface area contributed by atoms with E-state index in [1.54, 1.807) is 24.3 Å². The normalized spacial score (nSPS) is 19.2. The van der Waals surface area contributed by atoms with E-state index in [4.69, 9.17) is 0 Å². The number of nitrogens with one attached hydrogen (secondary N) is 2. The predicted octanol–water partition coefficient (Wildman–Crippen LogP) is 2.71. The third-order valence-electron chi connectivity index (χ3n) is 4.82. The van der Waals surface area contributed by atoms with Gasteiger partial charge in [-0.25, -0.2) is 13.1 Å². The quantitative estimate of drug-likeness (QED) is 0.794. The van der Waals surface area contributed by atoms with Crippen molar-refractivity contribution in [1.29, 1.82) is 0 Å². The molecule has 0 aromatic heterocycles. The van der Waals surface area contributed by atoms with Gasteiger partial charge >= 0.3 is 0 Å². The molecule has 24 heavy (non-hydrogen) atoms. The lowest BCUT2D eigenvalue weighted by atomic mass is 9.87. The van der Waals surface area contributed by atoms with Crippen LogP contribution in [-0.4, -0.2) is 20.4 Å². The minimum atomic E-state index is -3.40. The number of sulfonamides is 1. The van der Waals surface area contributed by atoms with Crippen LogP contribution in [0.3, 0.4) is 0 Å². The Kier molecular flexibility index (Phi) is 5.56. The summed E-state index contributed by atoms with van der Waals surface area (Å²) in [5.41, 5.74) is 0.914. The second-order valence-electron chi connectivity index (χ2n) is 7.02. The predicted molar refractivity (Wildman–Crippen MR) is 92.8 cm³/mol. The van der Waals surface area contributed by atoms with E-state index in [1.807, 2.05) is 0 Å². The molecule has 0 saturated heterocycles. The van der Waals surface area contributed by atoms with Gasteiger partial charge in [-0.3, -0.25) is 4.79 Å². The Morgan fingerprint density at radius 3 is 2.29 bits per heavy atom. The van der Waals surface area contributed by atoms with Crippen LogP contribution in [0.15, 0.2) is 29.2 Å². The molecule has 2 fully saturated rings. The molecule has 0 radical (unpaired) electrons. The van der Waals surface area contributed by atoms with Gasteiger partial charge < -0.3 is 5.32 Å². The average molecular weight is 350 g/mol. The summed E-state index contributed by atoms with van der Waals surface area (Å²) in [6.07, 6.45) is 8.54. The first kappa shape index (κ1) is 17.4. The number of rotatable bonds is 7. The Morgan fingerprint density at radius 1 is 1.00 bits per heavy atom. The van der Waals surface area contributed by atoms with Crippen LogP contribution in [0.4, 0.5) is 0 Å². The van der Waals surface area contributed by atoms with Gasteiger partial charge in [0, 0.05) is 19.0 Å². The minimum absolute atomic E-state index is 0.0917. The molecule has 0 heterocycles. The molecular formula is C18H26N2O3S. The second kappa shape index (κ2) is 7.66. The first-order valence-electron chi connectivity index (χ1n) is 8.91. The molecule has 2 N–H and O–H groups in total. The van der Waals surface area contributed by atoms with Crippen molar-refractivity contribution in [2.75, 3.05) is 0 Å². The summed E-state index contributed by atoms with van der Waals surface area (Å²) in [7, 11) is -3.40. The standard InChI is InChI=1S/C18H26N2O3S/c21-18(12-14-4-2-1-3-5-14)19-13-15-6-10-17(11-7-15)24(22,23)20-16-8-9-16/h6-7,10-11,14,16,20H,1-5,8-9,12-13H2,(H,19,21). The molecule has 3 rings (SSSR count). The van der Waals surface area contributed by atoms with Gasteiger partial charge in [0.1, 0.15) is 0 Å². The van der Waals surface area contributed by atoms with Crippen LogP contribution in [0.25, 0.3) is 0 Å². The van der Waals surface area contributed by atoms with Crippen LogP contribution in [0.1, 0.15) is 56.9 Å². The Morgan fingerprint density at radius 2 is 1.67 bits per heavy atom. The highest BCUT2D eigenvalue weighted by Crippen LogP contribution is 2.26. The van der Waals surface area contributed by atoms with E-state index in [9.17, 15) is 13.2 Å². The summed E-state index contributed by atoms with van der Waals surface area (Å²) in [6.45, 7) is 0.446. The number of hydrogen-bond acceptors (Lipinski definition) is 3. The first-order chi connectivity index (χ1) is 11.5. The van der Waals surface area contributed by atoms with Crippen LogP contribution >= 0.6 is 0 Å². The van der Waals surface area contributed by atoms with Crippen LogP contribution in [-0.2, 0) is 21.4 Å². The molecule has 2 saturated carbocycles. The maximum atomic E-state index is 12.1. The van der Waals surface area contributed by atoms with Crippen molar-refractivity contribution in [3.05, 3.63) is 29.8 Å². The Hall–Kier alpha value is -1.40. The van der Waals surface area contributed by atoms with Crippen LogP contribution < -0.4 is 10.0 Å². The van der Waals surface area contributed by atoms with E-state index in [0.717, 1.165) is 31.2 Å². The number of carbonyl (C=O) groups is 1. The molecule has 2 aliphatic rings. The summed E-state index contributed by atoms with van der Waals surface area (Å²) >= 11 is 0. The zero-order valence-corrected chi connectivity index (χ0v) is 14.8. The summed E-state index contributed by atoms with van der Waals surface area (Å²) < 4.78 is 26.9. The first-order valence-corrected chi connectivity index (χ1v) is 10.4. The van der Waals surface area contributed by atoms with Gasteiger partial charge in [-0.15, -0.1) is 0 Å². The maximum absolute atomic E-state index is 12.1. The monoisotopic (exact) mass is 350 g/mol. The van der Waals surface area contributed by atoms with E-state index < -0.39 is 10.0 Å². The highest BCUT2D eigenvalue weighted by Gasteiger charge is 2.27. The van der Waals surface area contributed by atoms with Gasteiger partial charge in [-0.05, 0) is 49.3 Å². The molecule has 6 heteroatoms. The van der Waals surface area contributed by atoms with Crippen molar-refractivity contribution >= 4 is 15.9 Å². The van der Waals surface area contributed by atoms with E-state index >= 15 is 0 Å². The lowest BCUT2D eigenvalue weighted by Crippen LogP contribution is -2.26. The average Bonchev–Trinajstić information content (AvgIpc) is 3.37. The van der Waals surface area contributed by atoms with Crippen LogP contribution in [0, 0.1) is 5.92 Å². The van der Waals surface area contributed by atoms with Gasteiger partial charge in [0.05, 0.1) is 4.90 Å². The molecule has 0 atom stereocenters. The molecule has 1 aromatic rings. The minimum Gasteiger partial charge on any atom is -0.352 e. The largest absolute Gasteiger partial charge is 0.352 e. The molecule has 2 aliphatic carbocycles. The van der Waals surface area contributed by atoms with E-state index in [-0.39, 0.29) is 16.8 Å². The lowest BCUT2D eigenvalue weighted by Gasteiger charge is -2.20. The number of benzene rings is 1. The molecular weight excluding hydrogens is 324 g/mol. The van der Waals surface area contributed by atoms with Gasteiger partial charge in [-0.2, -0.15) is 0 Å². The van der Waals surface area contributed by atoms with Crippen LogP contribution in [0.5, 0.6) is 0 Å². The Balaban J connectivity index is 1.47. The fourth-order valence-electron chi connectivity index (χ4n) is 3.20. The lowest BCUT2D eigenvalue weighted by molar-refractivity contribution is -0.122. The fourth-order valence-corrected chi connectivity index (χ4v) is 4.51. The summed E-state index contributed by atoms with van der Waals surface area (Å²) in [4.78, 5) is 12.3. The van der Waals surface area contributed by atoms with Gasteiger partial charge in [0.25, 0.3) is 0 Å². The third kappa shape index (κ3) is 5.05. The number of amides is 1. The maximum Gasteiger partial charge on any atom is 0.240 e. The molecule has 132 valence electrons. The topological polar surface area (TPSA) is 75.3 Å². The van der Waals surface area contributed by atoms with Crippen molar-refractivity contribution in [2.24, 2.45) is 5.92 Å². The van der Waals surface area contributed by atoms with Gasteiger partial charge in [0.15, 0.2) is 0 Å². The molecule has 0 unspecified atom stereocenters. The Labute approximate surface area is 144 Å². The molecule has 1 amide bonds. The molecule has 0 aliphatic heterocycles. The molecule has 0 bridgehead atoms. The van der Waals surface area contributed by atoms with Crippen molar-refractivity contribution in [2.45, 2.75) is 68.8 Å². The SMILES string of the molecule is O=C(CC1CCCCC1)NCc1ccc(S(=O)(=O)NC2CC2)cc1. The van der Waals surface area contributed by atoms with Crippen LogP contribution in [0.2, 0.25) is 0 Å². The highest BCUT2D eigenvalue weighted by atomic mass is 32.2. The van der Waals surface area contributed by atoms with E-state index in [0.29, 0.717) is 18.9 Å². The van der Waals surface area contributed by atoms with Crippen molar-refractivity contribution in [1.82, 2.24) is 10.0 Å². The van der Waals surface area contributed by atoms with Crippen molar-refractivity contribution in [3.8, 4) is 0 Å². The third-order valence-corrected chi connectivity index (χ3v) is 6.36. The smallest absolute Gasteiger partial charge is 0.240 e. The zero-order chi connectivity index (χ0) is 17.0. The van der Waals surface area contributed by atoms with Gasteiger partial charge in [-0.1, -0.05) is 31.4 Å². The molecule has 5 nitrogen and oxygen atoms in total. The second-order valence-corrected chi connectivity index (χ2v) is 8.74. The Bertz CT molecular complexity index is 660. The van der Waals surface area contributed by atoms with E-state index in [1.165, 1.54) is 19.3 Å². The van der Waals surface area contributed by atoms with E-state index in [2.05, 4.69) is 10.0 Å². The van der Waals surface area contributed by atoms with Crippen molar-refractivity contribution in [3.63, 3.8) is 0 Å². The van der Waals surface area contributed by atoms with Gasteiger partial charge in [0.2, 0.25) is 15.9 Å². The molecule has 0 spiro atoms. The fraction of sp³-hybridized carbons (Fsp3) is 0.611. The summed E-state index contributed by atoms with van der Waals surface area (Å²) in [5, 5.41) is 2.94. The highest BCUT2D eigenvalue weighted by molar-refractivity contribution is 7.89. The van der Waals surface area contributed by atoms with Crippen molar-refractivity contribution < 1.29 is 13.2 Å².